The van der Waals surface area contributed by atoms with Crippen LogP contribution < -0.4 is 0 Å². The molecule has 0 aromatic rings. The molecule has 1 rings (SSSR count). The number of alkyl halides is 8. The summed E-state index contributed by atoms with van der Waals surface area (Å²) in [6.07, 6.45) is -11.5. The molecule has 1 aliphatic heterocycles. The Morgan fingerprint density at radius 2 is 1.27 bits per heavy atom. The Hall–Kier alpha value is -1.42. The van der Waals surface area contributed by atoms with Crippen molar-refractivity contribution in [3.63, 3.8) is 0 Å². The Morgan fingerprint density at radius 3 is 1.64 bits per heavy atom. The third-order valence-corrected chi connectivity index (χ3v) is 2.99. The van der Waals surface area contributed by atoms with Crippen LogP contribution in [0.15, 0.2) is 11.4 Å². The highest BCUT2D eigenvalue weighted by Crippen LogP contribution is 2.45. The second-order valence-electron chi connectivity index (χ2n) is 4.61. The lowest BCUT2D eigenvalue weighted by Crippen LogP contribution is -2.44. The van der Waals surface area contributed by atoms with Crippen LogP contribution >= 0.6 is 0 Å². The van der Waals surface area contributed by atoms with Gasteiger partial charge in [0.1, 0.15) is 0 Å². The quantitative estimate of drug-likeness (QED) is 0.549. The molecule has 128 valence electrons. The van der Waals surface area contributed by atoms with Gasteiger partial charge in [0.15, 0.2) is 11.4 Å². The standard InChI is InChI=1S/C11H10F9NO/c12-7(9(13,14)11(18,19)20)6(10(15,16)17)8(22)21-4-2-1-3-5-21/h1-5H2/b7-6+. The van der Waals surface area contributed by atoms with Gasteiger partial charge in [-0.1, -0.05) is 0 Å². The van der Waals surface area contributed by atoms with Crippen molar-refractivity contribution >= 4 is 5.91 Å². The molecule has 0 saturated carbocycles. The van der Waals surface area contributed by atoms with E-state index in [1.165, 1.54) is 0 Å². The molecule has 22 heavy (non-hydrogen) atoms. The van der Waals surface area contributed by atoms with Crippen LogP contribution in [0.1, 0.15) is 19.3 Å². The lowest BCUT2D eigenvalue weighted by atomic mass is 10.1. The van der Waals surface area contributed by atoms with Crippen molar-refractivity contribution < 1.29 is 44.3 Å². The summed E-state index contributed by atoms with van der Waals surface area (Å²) in [4.78, 5) is 12.0. The lowest BCUT2D eigenvalue weighted by Gasteiger charge is -2.29. The van der Waals surface area contributed by atoms with Crippen molar-refractivity contribution in [2.24, 2.45) is 0 Å². The van der Waals surface area contributed by atoms with Gasteiger partial charge < -0.3 is 4.90 Å². The molecule has 0 aliphatic carbocycles. The first-order valence-corrected chi connectivity index (χ1v) is 6.01. The molecule has 0 bridgehead atoms. The summed E-state index contributed by atoms with van der Waals surface area (Å²) in [5.41, 5.74) is -3.11. The maximum Gasteiger partial charge on any atom is 0.460 e. The normalized spacial score (nSPS) is 19.0. The molecule has 1 aliphatic rings. The highest BCUT2D eigenvalue weighted by Gasteiger charge is 2.64. The second kappa shape index (κ2) is 5.99. The van der Waals surface area contributed by atoms with Gasteiger partial charge in [-0.2, -0.15) is 35.1 Å². The Labute approximate surface area is 118 Å². The minimum absolute atomic E-state index is 0.244. The van der Waals surface area contributed by atoms with E-state index >= 15 is 0 Å². The summed E-state index contributed by atoms with van der Waals surface area (Å²) in [5, 5.41) is 0. The van der Waals surface area contributed by atoms with Crippen LogP contribution in [0.5, 0.6) is 0 Å². The average Bonchev–Trinajstić information content (AvgIpc) is 2.36. The molecule has 0 atom stereocenters. The summed E-state index contributed by atoms with van der Waals surface area (Å²) in [5.74, 6) is -12.4. The van der Waals surface area contributed by atoms with Gasteiger partial charge in [-0.25, -0.2) is 4.39 Å². The summed E-state index contributed by atoms with van der Waals surface area (Å²) in [7, 11) is 0. The Bertz CT molecular complexity index is 457. The monoisotopic (exact) mass is 343 g/mol. The molecule has 0 aromatic heterocycles. The number of hydrogen-bond donors (Lipinski definition) is 0. The molecular formula is C11H10F9NO. The summed E-state index contributed by atoms with van der Waals surface area (Å²) >= 11 is 0. The minimum Gasteiger partial charge on any atom is -0.339 e. The number of nitrogens with zero attached hydrogens (tertiary/aromatic N) is 1. The number of piperidine rings is 1. The molecule has 0 radical (unpaired) electrons. The summed E-state index contributed by atoms with van der Waals surface area (Å²) in [6, 6.07) is 0. The molecule has 1 saturated heterocycles. The minimum atomic E-state index is -6.59. The maximum atomic E-state index is 13.3. The number of likely N-dealkylation sites (tertiary alicyclic amines) is 1. The largest absolute Gasteiger partial charge is 0.460 e. The van der Waals surface area contributed by atoms with Gasteiger partial charge in [0, 0.05) is 13.1 Å². The van der Waals surface area contributed by atoms with Gasteiger partial charge in [-0.15, -0.1) is 0 Å². The van der Waals surface area contributed by atoms with E-state index in [9.17, 15) is 44.3 Å². The molecule has 1 amide bonds. The molecular weight excluding hydrogens is 333 g/mol. The van der Waals surface area contributed by atoms with Crippen LogP contribution in [0.3, 0.4) is 0 Å². The number of hydrogen-bond acceptors (Lipinski definition) is 1. The van der Waals surface area contributed by atoms with E-state index in [0.29, 0.717) is 11.3 Å². The van der Waals surface area contributed by atoms with E-state index < -0.39 is 35.6 Å². The zero-order chi connectivity index (χ0) is 17.3. The number of amides is 1. The van der Waals surface area contributed by atoms with Crippen molar-refractivity contribution in [2.75, 3.05) is 13.1 Å². The van der Waals surface area contributed by atoms with Crippen LogP contribution in [-0.4, -0.2) is 42.2 Å². The van der Waals surface area contributed by atoms with Gasteiger partial charge >= 0.3 is 18.3 Å². The van der Waals surface area contributed by atoms with E-state index in [1.807, 2.05) is 0 Å². The van der Waals surface area contributed by atoms with E-state index in [-0.39, 0.29) is 25.9 Å². The molecule has 1 heterocycles. The maximum absolute atomic E-state index is 13.3. The number of allylic oxidation sites excluding steroid dienone is 1. The lowest BCUT2D eigenvalue weighted by molar-refractivity contribution is -0.272. The molecule has 0 spiro atoms. The molecule has 0 unspecified atom stereocenters. The first-order valence-electron chi connectivity index (χ1n) is 6.01. The Morgan fingerprint density at radius 1 is 0.818 bits per heavy atom. The van der Waals surface area contributed by atoms with Crippen LogP contribution in [0.25, 0.3) is 0 Å². The average molecular weight is 343 g/mol. The van der Waals surface area contributed by atoms with Crippen molar-refractivity contribution in [2.45, 2.75) is 37.5 Å². The van der Waals surface area contributed by atoms with E-state index in [0.717, 1.165) is 0 Å². The van der Waals surface area contributed by atoms with Crippen LogP contribution in [0.2, 0.25) is 0 Å². The fourth-order valence-electron chi connectivity index (χ4n) is 1.88. The third-order valence-electron chi connectivity index (χ3n) is 2.99. The van der Waals surface area contributed by atoms with Gasteiger partial charge in [0.25, 0.3) is 5.91 Å². The van der Waals surface area contributed by atoms with E-state index in [4.69, 9.17) is 0 Å². The summed E-state index contributed by atoms with van der Waals surface area (Å²) < 4.78 is 113. The van der Waals surface area contributed by atoms with Crippen LogP contribution in [-0.2, 0) is 4.79 Å². The number of rotatable bonds is 2. The predicted octanol–water partition coefficient (Wildman–Crippen LogP) is 3.98. The second-order valence-corrected chi connectivity index (χ2v) is 4.61. The number of carbonyl (C=O) groups excluding carboxylic acids is 1. The van der Waals surface area contributed by atoms with Crippen LogP contribution in [0, 0.1) is 0 Å². The highest BCUT2D eigenvalue weighted by atomic mass is 19.4. The SMILES string of the molecule is O=C(/C(=C(\F)C(F)(F)C(F)(F)F)C(F)(F)F)N1CCCCC1. The number of halogens is 9. The third kappa shape index (κ3) is 3.67. The smallest absolute Gasteiger partial charge is 0.339 e. The fraction of sp³-hybridized carbons (Fsp3) is 0.727. The first-order chi connectivity index (χ1) is 9.80. The zero-order valence-electron chi connectivity index (χ0n) is 10.8. The Kier molecular flexibility index (Phi) is 5.08. The topological polar surface area (TPSA) is 20.3 Å². The molecule has 0 N–H and O–H groups in total. The van der Waals surface area contributed by atoms with Gasteiger partial charge in [0.05, 0.1) is 0 Å². The van der Waals surface area contributed by atoms with Crippen LogP contribution in [0.4, 0.5) is 39.5 Å². The van der Waals surface area contributed by atoms with E-state index in [2.05, 4.69) is 0 Å². The van der Waals surface area contributed by atoms with Crippen molar-refractivity contribution in [1.29, 1.82) is 0 Å². The van der Waals surface area contributed by atoms with Gasteiger partial charge in [-0.05, 0) is 19.3 Å². The molecule has 0 aromatic carbocycles. The fourth-order valence-corrected chi connectivity index (χ4v) is 1.88. The van der Waals surface area contributed by atoms with Gasteiger partial charge in [-0.3, -0.25) is 4.79 Å². The molecule has 2 nitrogen and oxygen atoms in total. The molecule has 11 heteroatoms. The number of carbonyl (C=O) groups is 1. The molecule has 1 fully saturated rings. The van der Waals surface area contributed by atoms with Gasteiger partial charge in [0.2, 0.25) is 0 Å². The van der Waals surface area contributed by atoms with Crippen molar-refractivity contribution in [3.05, 3.63) is 11.4 Å². The highest BCUT2D eigenvalue weighted by molar-refractivity contribution is 5.95. The van der Waals surface area contributed by atoms with Crippen molar-refractivity contribution in [1.82, 2.24) is 4.90 Å². The van der Waals surface area contributed by atoms with Crippen molar-refractivity contribution in [3.8, 4) is 0 Å². The first kappa shape index (κ1) is 18.6. The zero-order valence-corrected chi connectivity index (χ0v) is 10.8. The predicted molar refractivity (Wildman–Crippen MR) is 55.6 cm³/mol. The summed E-state index contributed by atoms with van der Waals surface area (Å²) in [6.45, 7) is -0.549. The van der Waals surface area contributed by atoms with E-state index in [1.54, 1.807) is 0 Å². The Balaban J connectivity index is 3.34.